The van der Waals surface area contributed by atoms with Gasteiger partial charge in [0.1, 0.15) is 5.75 Å². The molecule has 23 heavy (non-hydrogen) atoms. The van der Waals surface area contributed by atoms with Crippen LogP contribution in [0.25, 0.3) is 22.2 Å². The van der Waals surface area contributed by atoms with Crippen LogP contribution in [0.3, 0.4) is 0 Å². The highest BCUT2D eigenvalue weighted by atomic mass is 16.5. The van der Waals surface area contributed by atoms with Crippen molar-refractivity contribution in [3.63, 3.8) is 0 Å². The van der Waals surface area contributed by atoms with Crippen LogP contribution in [-0.4, -0.2) is 23.2 Å². The Hall–Kier alpha value is -2.88. The minimum atomic E-state index is -0.944. The summed E-state index contributed by atoms with van der Waals surface area (Å²) in [4.78, 5) is 16.4. The van der Waals surface area contributed by atoms with Crippen LogP contribution in [0.5, 0.6) is 5.75 Å². The van der Waals surface area contributed by atoms with E-state index in [1.165, 1.54) is 0 Å². The number of aromatic carboxylic acids is 1. The summed E-state index contributed by atoms with van der Waals surface area (Å²) in [6.45, 7) is 3.85. The van der Waals surface area contributed by atoms with Crippen molar-refractivity contribution < 1.29 is 14.6 Å². The molecule has 1 heterocycles. The number of aromatic nitrogens is 1. The van der Waals surface area contributed by atoms with Gasteiger partial charge >= 0.3 is 5.97 Å². The molecule has 0 bridgehead atoms. The highest BCUT2D eigenvalue weighted by Crippen LogP contribution is 2.29. The highest BCUT2D eigenvalue weighted by Gasteiger charge is 2.16. The molecule has 3 rings (SSSR count). The first-order valence-electron chi connectivity index (χ1n) is 7.30. The molecule has 116 valence electrons. The van der Waals surface area contributed by atoms with Crippen LogP contribution >= 0.6 is 0 Å². The molecule has 0 spiro atoms. The van der Waals surface area contributed by atoms with Crippen molar-refractivity contribution in [2.24, 2.45) is 0 Å². The van der Waals surface area contributed by atoms with Gasteiger partial charge in [0.05, 0.1) is 23.9 Å². The number of benzene rings is 2. The Balaban J connectivity index is 2.30. The molecule has 1 N–H and O–H groups in total. The minimum Gasteiger partial charge on any atom is -0.497 e. The first-order chi connectivity index (χ1) is 11.0. The quantitative estimate of drug-likeness (QED) is 0.787. The topological polar surface area (TPSA) is 59.4 Å². The van der Waals surface area contributed by atoms with Gasteiger partial charge in [-0.2, -0.15) is 0 Å². The van der Waals surface area contributed by atoms with E-state index < -0.39 is 5.97 Å². The SMILES string of the molecule is COc1ccc(-c2cc(C(=O)O)c3c(C)ccc(C)c3n2)cc1. The fourth-order valence-electron chi connectivity index (χ4n) is 2.72. The van der Waals surface area contributed by atoms with Crippen LogP contribution in [0, 0.1) is 13.8 Å². The third-order valence-electron chi connectivity index (χ3n) is 3.99. The molecule has 0 atom stereocenters. The standard InChI is InChI=1S/C19H17NO3/c1-11-4-5-12(2)18-17(11)15(19(21)22)10-16(20-18)13-6-8-14(23-3)9-7-13/h4-10H,1-3H3,(H,21,22). The lowest BCUT2D eigenvalue weighted by atomic mass is 9.98. The highest BCUT2D eigenvalue weighted by molar-refractivity contribution is 6.05. The number of carbonyl (C=O) groups is 1. The molecule has 4 heteroatoms. The molecule has 0 aliphatic carbocycles. The molecule has 0 radical (unpaired) electrons. The fourth-order valence-corrected chi connectivity index (χ4v) is 2.72. The fraction of sp³-hybridized carbons (Fsp3) is 0.158. The van der Waals surface area contributed by atoms with Gasteiger partial charge in [-0.3, -0.25) is 0 Å². The summed E-state index contributed by atoms with van der Waals surface area (Å²) >= 11 is 0. The second-order valence-electron chi connectivity index (χ2n) is 5.51. The number of pyridine rings is 1. The molecular weight excluding hydrogens is 290 g/mol. The zero-order valence-corrected chi connectivity index (χ0v) is 13.3. The summed E-state index contributed by atoms with van der Waals surface area (Å²) in [5.41, 5.74) is 4.39. The van der Waals surface area contributed by atoms with Gasteiger partial charge in [-0.1, -0.05) is 12.1 Å². The third-order valence-corrected chi connectivity index (χ3v) is 3.99. The number of hydrogen-bond acceptors (Lipinski definition) is 3. The molecule has 0 aliphatic rings. The summed E-state index contributed by atoms with van der Waals surface area (Å²) in [5.74, 6) is -0.194. The van der Waals surface area contributed by atoms with Crippen molar-refractivity contribution in [2.75, 3.05) is 7.11 Å². The summed E-state index contributed by atoms with van der Waals surface area (Å²) in [5, 5.41) is 10.3. The third kappa shape index (κ3) is 2.63. The lowest BCUT2D eigenvalue weighted by Crippen LogP contribution is -2.02. The monoisotopic (exact) mass is 307 g/mol. The van der Waals surface area contributed by atoms with Crippen molar-refractivity contribution in [3.8, 4) is 17.0 Å². The van der Waals surface area contributed by atoms with Crippen LogP contribution in [0.1, 0.15) is 21.5 Å². The van der Waals surface area contributed by atoms with Crippen LogP contribution in [-0.2, 0) is 0 Å². The summed E-state index contributed by atoms with van der Waals surface area (Å²) in [7, 11) is 1.61. The van der Waals surface area contributed by atoms with Crippen LogP contribution in [0.2, 0.25) is 0 Å². The number of fused-ring (bicyclic) bond motifs is 1. The molecule has 0 saturated carbocycles. The molecule has 0 fully saturated rings. The van der Waals surface area contributed by atoms with E-state index in [4.69, 9.17) is 9.72 Å². The average Bonchev–Trinajstić information content (AvgIpc) is 2.57. The minimum absolute atomic E-state index is 0.280. The van der Waals surface area contributed by atoms with E-state index in [2.05, 4.69) is 0 Å². The van der Waals surface area contributed by atoms with E-state index in [9.17, 15) is 9.90 Å². The molecule has 0 aliphatic heterocycles. The van der Waals surface area contributed by atoms with Gasteiger partial charge in [-0.05, 0) is 55.3 Å². The van der Waals surface area contributed by atoms with Gasteiger partial charge in [0.15, 0.2) is 0 Å². The lowest BCUT2D eigenvalue weighted by Gasteiger charge is -2.11. The zero-order chi connectivity index (χ0) is 16.6. The van der Waals surface area contributed by atoms with Crippen LogP contribution in [0.15, 0.2) is 42.5 Å². The van der Waals surface area contributed by atoms with Crippen molar-refractivity contribution in [3.05, 3.63) is 59.2 Å². The van der Waals surface area contributed by atoms with E-state index in [0.29, 0.717) is 11.1 Å². The van der Waals surface area contributed by atoms with Gasteiger partial charge in [0.25, 0.3) is 0 Å². The Morgan fingerprint density at radius 1 is 1.04 bits per heavy atom. The van der Waals surface area contributed by atoms with E-state index in [1.807, 2.05) is 50.2 Å². The largest absolute Gasteiger partial charge is 0.497 e. The number of rotatable bonds is 3. The molecule has 1 aromatic heterocycles. The Kier molecular flexibility index (Phi) is 3.74. The summed E-state index contributed by atoms with van der Waals surface area (Å²) in [6, 6.07) is 13.0. The molecule has 0 unspecified atom stereocenters. The molecular formula is C19H17NO3. The van der Waals surface area contributed by atoms with E-state index >= 15 is 0 Å². The van der Waals surface area contributed by atoms with E-state index in [1.54, 1.807) is 13.2 Å². The lowest BCUT2D eigenvalue weighted by molar-refractivity contribution is 0.0699. The smallest absolute Gasteiger partial charge is 0.336 e. The number of aryl methyl sites for hydroxylation is 2. The predicted molar refractivity (Wildman–Crippen MR) is 90.2 cm³/mol. The second-order valence-corrected chi connectivity index (χ2v) is 5.51. The molecule has 3 aromatic rings. The molecule has 2 aromatic carbocycles. The predicted octanol–water partition coefficient (Wildman–Crippen LogP) is 4.23. The first kappa shape index (κ1) is 15.0. The van der Waals surface area contributed by atoms with Gasteiger partial charge in [0.2, 0.25) is 0 Å². The maximum atomic E-state index is 11.7. The Labute approximate surface area is 134 Å². The number of methoxy groups -OCH3 is 1. The normalized spacial score (nSPS) is 10.7. The van der Waals surface area contributed by atoms with Crippen molar-refractivity contribution in [1.29, 1.82) is 0 Å². The maximum absolute atomic E-state index is 11.7. The second kappa shape index (κ2) is 5.72. The van der Waals surface area contributed by atoms with Gasteiger partial charge < -0.3 is 9.84 Å². The number of ether oxygens (including phenoxy) is 1. The van der Waals surface area contributed by atoms with Gasteiger partial charge in [-0.25, -0.2) is 9.78 Å². The van der Waals surface area contributed by atoms with Crippen LogP contribution in [0.4, 0.5) is 0 Å². The van der Waals surface area contributed by atoms with Gasteiger partial charge in [-0.15, -0.1) is 0 Å². The van der Waals surface area contributed by atoms with Crippen LogP contribution < -0.4 is 4.74 Å². The summed E-state index contributed by atoms with van der Waals surface area (Å²) < 4.78 is 5.16. The van der Waals surface area contributed by atoms with Gasteiger partial charge in [0, 0.05) is 10.9 Å². The van der Waals surface area contributed by atoms with Crippen molar-refractivity contribution >= 4 is 16.9 Å². The van der Waals surface area contributed by atoms with Crippen molar-refractivity contribution in [2.45, 2.75) is 13.8 Å². The molecule has 4 nitrogen and oxygen atoms in total. The first-order valence-corrected chi connectivity index (χ1v) is 7.30. The summed E-state index contributed by atoms with van der Waals surface area (Å²) in [6.07, 6.45) is 0. The average molecular weight is 307 g/mol. The number of carboxylic acids is 1. The number of carboxylic acid groups (broad SMARTS) is 1. The van der Waals surface area contributed by atoms with Crippen molar-refractivity contribution in [1.82, 2.24) is 4.98 Å². The zero-order valence-electron chi connectivity index (χ0n) is 13.3. The Bertz CT molecular complexity index is 899. The number of nitrogens with zero attached hydrogens (tertiary/aromatic N) is 1. The Morgan fingerprint density at radius 2 is 1.70 bits per heavy atom. The van der Waals surface area contributed by atoms with E-state index in [0.717, 1.165) is 28.0 Å². The maximum Gasteiger partial charge on any atom is 0.336 e. The Morgan fingerprint density at radius 3 is 2.30 bits per heavy atom. The van der Waals surface area contributed by atoms with E-state index in [-0.39, 0.29) is 5.56 Å². The molecule has 0 amide bonds. The molecule has 0 saturated heterocycles. The number of hydrogen-bond donors (Lipinski definition) is 1.